The average Bonchev–Trinajstić information content (AvgIpc) is 2.35. The first-order valence-electron chi connectivity index (χ1n) is 5.83. The Morgan fingerprint density at radius 3 is 2.85 bits per heavy atom. The Hall–Kier alpha value is -1.17. The maximum Gasteiger partial charge on any atom is 0.251 e. The second-order valence-electron chi connectivity index (χ2n) is 3.96. The number of benzene rings is 1. The van der Waals surface area contributed by atoms with Gasteiger partial charge in [-0.1, -0.05) is 35.0 Å². The molecular formula is C13H12Cl2N2O2S. The van der Waals surface area contributed by atoms with Crippen LogP contribution in [0.2, 0.25) is 10.0 Å². The minimum Gasteiger partial charge on any atom is -0.491 e. The molecule has 0 atom stereocenters. The molecule has 0 aliphatic rings. The standard InChI is InChI=1S/C13H12Cl2N2O2S/c1-8-6-12(18)17-13(16-8)20-5-4-19-11-3-2-9(14)7-10(11)15/h2-3,6-7H,4-5H2,1H3,(H,16,17,18). The van der Waals surface area contributed by atoms with Crippen LogP contribution in [0.4, 0.5) is 0 Å². The molecule has 1 heterocycles. The van der Waals surface area contributed by atoms with E-state index in [1.807, 2.05) is 0 Å². The van der Waals surface area contributed by atoms with Gasteiger partial charge in [0, 0.05) is 22.5 Å². The van der Waals surface area contributed by atoms with Crippen LogP contribution < -0.4 is 10.3 Å². The van der Waals surface area contributed by atoms with Gasteiger partial charge in [-0.3, -0.25) is 4.79 Å². The molecule has 1 N–H and O–H groups in total. The van der Waals surface area contributed by atoms with Gasteiger partial charge >= 0.3 is 0 Å². The number of H-pyrrole nitrogens is 1. The summed E-state index contributed by atoms with van der Waals surface area (Å²) >= 11 is 13.2. The molecular weight excluding hydrogens is 319 g/mol. The summed E-state index contributed by atoms with van der Waals surface area (Å²) in [5, 5.41) is 1.63. The first-order chi connectivity index (χ1) is 9.54. The van der Waals surface area contributed by atoms with Crippen molar-refractivity contribution >= 4 is 35.0 Å². The van der Waals surface area contributed by atoms with E-state index < -0.39 is 0 Å². The maximum atomic E-state index is 11.3. The minimum absolute atomic E-state index is 0.151. The van der Waals surface area contributed by atoms with E-state index >= 15 is 0 Å². The highest BCUT2D eigenvalue weighted by atomic mass is 35.5. The van der Waals surface area contributed by atoms with Crippen molar-refractivity contribution in [2.24, 2.45) is 0 Å². The predicted octanol–water partition coefficient (Wildman–Crippen LogP) is 3.56. The number of ether oxygens (including phenoxy) is 1. The molecule has 2 aromatic rings. The van der Waals surface area contributed by atoms with E-state index in [9.17, 15) is 4.79 Å². The summed E-state index contributed by atoms with van der Waals surface area (Å²) in [4.78, 5) is 18.2. The molecule has 0 aliphatic heterocycles. The summed E-state index contributed by atoms with van der Waals surface area (Å²) in [6.45, 7) is 2.23. The number of aromatic nitrogens is 2. The SMILES string of the molecule is Cc1cc(=O)[nH]c(SCCOc2ccc(Cl)cc2Cl)n1. The zero-order valence-electron chi connectivity index (χ0n) is 10.7. The molecule has 0 unspecified atom stereocenters. The second kappa shape index (κ2) is 7.02. The van der Waals surface area contributed by atoms with Crippen molar-refractivity contribution in [3.05, 3.63) is 50.4 Å². The smallest absolute Gasteiger partial charge is 0.251 e. The van der Waals surface area contributed by atoms with Gasteiger partial charge in [0.05, 0.1) is 11.6 Å². The van der Waals surface area contributed by atoms with Crippen molar-refractivity contribution in [1.29, 1.82) is 0 Å². The van der Waals surface area contributed by atoms with E-state index in [0.717, 1.165) is 0 Å². The Kier molecular flexibility index (Phi) is 5.34. The van der Waals surface area contributed by atoms with Crippen LogP contribution in [0.1, 0.15) is 5.69 Å². The van der Waals surface area contributed by atoms with Gasteiger partial charge in [-0.15, -0.1) is 0 Å². The van der Waals surface area contributed by atoms with Crippen molar-refractivity contribution in [1.82, 2.24) is 9.97 Å². The molecule has 4 nitrogen and oxygen atoms in total. The van der Waals surface area contributed by atoms with Gasteiger partial charge in [-0.2, -0.15) is 0 Å². The molecule has 106 valence electrons. The number of halogens is 2. The van der Waals surface area contributed by atoms with Gasteiger partial charge in [-0.25, -0.2) is 4.98 Å². The fourth-order valence-corrected chi connectivity index (χ4v) is 2.71. The van der Waals surface area contributed by atoms with Crippen LogP contribution in [0.5, 0.6) is 5.75 Å². The molecule has 0 saturated heterocycles. The Balaban J connectivity index is 1.86. The summed E-state index contributed by atoms with van der Waals surface area (Å²) in [6.07, 6.45) is 0. The van der Waals surface area contributed by atoms with Crippen LogP contribution in [0.3, 0.4) is 0 Å². The highest BCUT2D eigenvalue weighted by molar-refractivity contribution is 7.99. The molecule has 0 aliphatic carbocycles. The molecule has 0 amide bonds. The monoisotopic (exact) mass is 330 g/mol. The maximum absolute atomic E-state index is 11.3. The predicted molar refractivity (Wildman–Crippen MR) is 82.3 cm³/mol. The van der Waals surface area contributed by atoms with Gasteiger partial charge in [0.25, 0.3) is 5.56 Å². The zero-order valence-corrected chi connectivity index (χ0v) is 13.0. The van der Waals surface area contributed by atoms with Crippen molar-refractivity contribution in [3.8, 4) is 5.75 Å². The highest BCUT2D eigenvalue weighted by Gasteiger charge is 2.03. The summed E-state index contributed by atoms with van der Waals surface area (Å²) < 4.78 is 5.54. The van der Waals surface area contributed by atoms with Gasteiger partial charge in [0.2, 0.25) is 0 Å². The highest BCUT2D eigenvalue weighted by Crippen LogP contribution is 2.27. The van der Waals surface area contributed by atoms with Crippen LogP contribution in [0.15, 0.2) is 34.2 Å². The number of hydrogen-bond donors (Lipinski definition) is 1. The van der Waals surface area contributed by atoms with Crippen LogP contribution in [-0.2, 0) is 0 Å². The fourth-order valence-electron chi connectivity index (χ4n) is 1.50. The number of nitrogens with one attached hydrogen (secondary N) is 1. The van der Waals surface area contributed by atoms with E-state index in [1.165, 1.54) is 17.8 Å². The van der Waals surface area contributed by atoms with Crippen LogP contribution in [0, 0.1) is 6.92 Å². The van der Waals surface area contributed by atoms with Crippen molar-refractivity contribution in [2.45, 2.75) is 12.1 Å². The Morgan fingerprint density at radius 1 is 1.35 bits per heavy atom. The lowest BCUT2D eigenvalue weighted by Crippen LogP contribution is -2.09. The summed E-state index contributed by atoms with van der Waals surface area (Å²) in [5.41, 5.74) is 0.541. The molecule has 7 heteroatoms. The third-order valence-corrected chi connectivity index (χ3v) is 3.69. The lowest BCUT2D eigenvalue weighted by atomic mass is 10.3. The van der Waals surface area contributed by atoms with Crippen LogP contribution in [-0.4, -0.2) is 22.3 Å². The quantitative estimate of drug-likeness (QED) is 0.517. The number of aromatic amines is 1. The molecule has 1 aromatic heterocycles. The van der Waals surface area contributed by atoms with Crippen molar-refractivity contribution in [3.63, 3.8) is 0 Å². The summed E-state index contributed by atoms with van der Waals surface area (Å²) in [7, 11) is 0. The first-order valence-corrected chi connectivity index (χ1v) is 7.57. The molecule has 0 saturated carbocycles. The van der Waals surface area contributed by atoms with Crippen molar-refractivity contribution in [2.75, 3.05) is 12.4 Å². The molecule has 1 aromatic carbocycles. The van der Waals surface area contributed by atoms with E-state index in [4.69, 9.17) is 27.9 Å². The van der Waals surface area contributed by atoms with Crippen molar-refractivity contribution < 1.29 is 4.74 Å². The van der Waals surface area contributed by atoms with Gasteiger partial charge in [-0.05, 0) is 25.1 Å². The lowest BCUT2D eigenvalue weighted by molar-refractivity contribution is 0.344. The van der Waals surface area contributed by atoms with Gasteiger partial charge < -0.3 is 9.72 Å². The summed E-state index contributed by atoms with van der Waals surface area (Å²) in [5.74, 6) is 1.23. The number of aryl methyl sites for hydroxylation is 1. The van der Waals surface area contributed by atoms with E-state index in [-0.39, 0.29) is 5.56 Å². The molecule has 2 rings (SSSR count). The molecule has 0 spiro atoms. The number of hydrogen-bond acceptors (Lipinski definition) is 4. The number of thioether (sulfide) groups is 1. The minimum atomic E-state index is -0.151. The molecule has 20 heavy (non-hydrogen) atoms. The largest absolute Gasteiger partial charge is 0.491 e. The van der Waals surface area contributed by atoms with Crippen LogP contribution in [0.25, 0.3) is 0 Å². The molecule has 0 fully saturated rings. The molecule has 0 radical (unpaired) electrons. The number of rotatable bonds is 5. The van der Waals surface area contributed by atoms with E-state index in [0.29, 0.717) is 39.0 Å². The third kappa shape index (κ3) is 4.44. The third-order valence-electron chi connectivity index (χ3n) is 2.32. The number of nitrogens with zero attached hydrogens (tertiary/aromatic N) is 1. The molecule has 0 bridgehead atoms. The van der Waals surface area contributed by atoms with Gasteiger partial charge in [0.15, 0.2) is 5.16 Å². The lowest BCUT2D eigenvalue weighted by Gasteiger charge is -2.07. The van der Waals surface area contributed by atoms with E-state index in [2.05, 4.69) is 9.97 Å². The normalized spacial score (nSPS) is 10.6. The fraction of sp³-hybridized carbons (Fsp3) is 0.231. The zero-order chi connectivity index (χ0) is 14.5. The second-order valence-corrected chi connectivity index (χ2v) is 5.89. The van der Waals surface area contributed by atoms with Gasteiger partial charge in [0.1, 0.15) is 5.75 Å². The first kappa shape index (κ1) is 15.2. The Labute approximate surface area is 130 Å². The Morgan fingerprint density at radius 2 is 2.15 bits per heavy atom. The van der Waals surface area contributed by atoms with Crippen LogP contribution >= 0.6 is 35.0 Å². The van der Waals surface area contributed by atoms with E-state index in [1.54, 1.807) is 25.1 Å². The average molecular weight is 331 g/mol. The topological polar surface area (TPSA) is 55.0 Å². The summed E-state index contributed by atoms with van der Waals surface area (Å²) in [6, 6.07) is 6.52. The Bertz CT molecular complexity index is 661.